The topological polar surface area (TPSA) is 68.1 Å². The molecule has 68 valence electrons. The molecule has 1 N–H and O–H groups in total. The highest BCUT2D eigenvalue weighted by atomic mass is 16.5. The van der Waals surface area contributed by atoms with Gasteiger partial charge in [-0.3, -0.25) is 9.51 Å². The molecule has 5 heteroatoms. The molecule has 1 aromatic rings. The van der Waals surface area contributed by atoms with Crippen LogP contribution in [0.1, 0.15) is 26.6 Å². The molecule has 0 aliphatic heterocycles. The Morgan fingerprint density at radius 1 is 1.67 bits per heavy atom. The van der Waals surface area contributed by atoms with Gasteiger partial charge >= 0.3 is 5.76 Å². The van der Waals surface area contributed by atoms with Gasteiger partial charge in [0.2, 0.25) is 0 Å². The summed E-state index contributed by atoms with van der Waals surface area (Å²) in [5.74, 6) is -0.146. The van der Waals surface area contributed by atoms with Crippen LogP contribution in [0.3, 0.4) is 0 Å². The fourth-order valence-electron chi connectivity index (χ4n) is 0.919. The Hall–Kier alpha value is -1.10. The number of ether oxygens (including phenoxy) is 1. The summed E-state index contributed by atoms with van der Waals surface area (Å²) in [7, 11) is 0. The van der Waals surface area contributed by atoms with Crippen molar-refractivity contribution in [3.63, 3.8) is 0 Å². The number of H-pyrrole nitrogens is 1. The van der Waals surface area contributed by atoms with E-state index in [1.54, 1.807) is 0 Å². The normalized spacial score (nSPS) is 11.9. The highest BCUT2D eigenvalue weighted by molar-refractivity contribution is 4.93. The summed E-state index contributed by atoms with van der Waals surface area (Å²) >= 11 is 0. The van der Waals surface area contributed by atoms with Crippen LogP contribution in [0, 0.1) is 0 Å². The molecule has 0 aromatic carbocycles. The minimum absolute atomic E-state index is 0.411. The first kappa shape index (κ1) is 8.99. The largest absolute Gasteiger partial charge is 0.439 e. The third-order valence-electron chi connectivity index (χ3n) is 1.52. The molecule has 1 aromatic heterocycles. The summed E-state index contributed by atoms with van der Waals surface area (Å²) in [6.45, 7) is 6.05. The average molecular weight is 172 g/mol. The maximum atomic E-state index is 10.6. The van der Waals surface area contributed by atoms with E-state index in [0.29, 0.717) is 12.4 Å². The highest BCUT2D eigenvalue weighted by Gasteiger charge is 2.25. The van der Waals surface area contributed by atoms with E-state index in [1.165, 1.54) is 0 Å². The third-order valence-corrected chi connectivity index (χ3v) is 1.52. The highest BCUT2D eigenvalue weighted by Crippen LogP contribution is 2.19. The van der Waals surface area contributed by atoms with Gasteiger partial charge in [-0.2, -0.15) is 0 Å². The van der Waals surface area contributed by atoms with E-state index in [-0.39, 0.29) is 0 Å². The van der Waals surface area contributed by atoms with Gasteiger partial charge in [0, 0.05) is 6.61 Å². The van der Waals surface area contributed by atoms with Crippen molar-refractivity contribution in [1.82, 2.24) is 10.1 Å². The Balaban J connectivity index is 2.88. The van der Waals surface area contributed by atoms with Crippen LogP contribution < -0.4 is 5.76 Å². The number of rotatable bonds is 3. The molecule has 1 heterocycles. The lowest BCUT2D eigenvalue weighted by molar-refractivity contribution is -0.0221. The Morgan fingerprint density at radius 2 is 2.33 bits per heavy atom. The molecule has 0 aliphatic carbocycles. The number of nitrogens with zero attached hydrogens (tertiary/aromatic N) is 1. The van der Waals surface area contributed by atoms with Crippen molar-refractivity contribution in [3.05, 3.63) is 16.4 Å². The molecule has 0 fully saturated rings. The van der Waals surface area contributed by atoms with E-state index in [1.807, 2.05) is 20.8 Å². The molecule has 0 amide bonds. The quantitative estimate of drug-likeness (QED) is 0.726. The van der Waals surface area contributed by atoms with Crippen LogP contribution in [-0.4, -0.2) is 16.7 Å². The molecule has 0 atom stereocenters. The molecule has 0 saturated heterocycles. The molecule has 12 heavy (non-hydrogen) atoms. The van der Waals surface area contributed by atoms with Gasteiger partial charge in [-0.1, -0.05) is 5.16 Å². The van der Waals surface area contributed by atoms with Crippen LogP contribution in [0.4, 0.5) is 0 Å². The standard InChI is InChI=1S/C7H12N2O3/c1-4-11-7(2,3)5-8-6(10)12-9-5/h4H2,1-3H3,(H,8,9,10). The van der Waals surface area contributed by atoms with Crippen molar-refractivity contribution in [3.8, 4) is 0 Å². The van der Waals surface area contributed by atoms with Crippen molar-refractivity contribution in [2.45, 2.75) is 26.4 Å². The second kappa shape index (κ2) is 3.10. The fourth-order valence-corrected chi connectivity index (χ4v) is 0.919. The van der Waals surface area contributed by atoms with Gasteiger partial charge in [-0.05, 0) is 20.8 Å². The van der Waals surface area contributed by atoms with Crippen molar-refractivity contribution in [1.29, 1.82) is 0 Å². The number of aromatic nitrogens is 2. The van der Waals surface area contributed by atoms with Gasteiger partial charge in [0.1, 0.15) is 5.60 Å². The van der Waals surface area contributed by atoms with Crippen molar-refractivity contribution in [2.75, 3.05) is 6.61 Å². The monoisotopic (exact) mass is 172 g/mol. The van der Waals surface area contributed by atoms with Crippen LogP contribution in [0.25, 0.3) is 0 Å². The summed E-state index contributed by atoms with van der Waals surface area (Å²) < 4.78 is 9.69. The van der Waals surface area contributed by atoms with E-state index in [4.69, 9.17) is 4.74 Å². The van der Waals surface area contributed by atoms with Gasteiger partial charge in [-0.25, -0.2) is 4.79 Å². The zero-order chi connectivity index (χ0) is 9.19. The molecule has 0 radical (unpaired) electrons. The predicted octanol–water partition coefficient (Wildman–Crippen LogP) is 0.634. The summed E-state index contributed by atoms with van der Waals surface area (Å²) in [4.78, 5) is 13.0. The van der Waals surface area contributed by atoms with E-state index >= 15 is 0 Å². The maximum absolute atomic E-state index is 10.6. The second-order valence-electron chi connectivity index (χ2n) is 2.89. The van der Waals surface area contributed by atoms with Crippen LogP contribution in [0.5, 0.6) is 0 Å². The summed E-state index contributed by atoms with van der Waals surface area (Å²) in [5.41, 5.74) is -0.596. The summed E-state index contributed by atoms with van der Waals surface area (Å²) in [5, 5.41) is 3.54. The minimum atomic E-state index is -0.596. The molecule has 1 rings (SSSR count). The molecule has 0 aliphatic rings. The summed E-state index contributed by atoms with van der Waals surface area (Å²) in [6.07, 6.45) is 0. The molecule has 0 spiro atoms. The molecule has 0 unspecified atom stereocenters. The Bertz CT molecular complexity index is 300. The van der Waals surface area contributed by atoms with E-state index in [0.717, 1.165) is 0 Å². The van der Waals surface area contributed by atoms with Gasteiger partial charge in [0.15, 0.2) is 5.82 Å². The first-order chi connectivity index (χ1) is 5.56. The van der Waals surface area contributed by atoms with E-state index in [2.05, 4.69) is 14.7 Å². The van der Waals surface area contributed by atoms with Crippen LogP contribution in [0.15, 0.2) is 9.32 Å². The van der Waals surface area contributed by atoms with E-state index < -0.39 is 11.4 Å². The van der Waals surface area contributed by atoms with Crippen molar-refractivity contribution < 1.29 is 9.26 Å². The van der Waals surface area contributed by atoms with Gasteiger partial charge in [0.05, 0.1) is 0 Å². The zero-order valence-corrected chi connectivity index (χ0v) is 7.38. The van der Waals surface area contributed by atoms with E-state index in [9.17, 15) is 4.79 Å². The molecule has 0 bridgehead atoms. The fraction of sp³-hybridized carbons (Fsp3) is 0.714. The third kappa shape index (κ3) is 1.73. The van der Waals surface area contributed by atoms with Gasteiger partial charge in [0.25, 0.3) is 0 Å². The van der Waals surface area contributed by atoms with Crippen LogP contribution >= 0.6 is 0 Å². The molecular weight excluding hydrogens is 160 g/mol. The van der Waals surface area contributed by atoms with Crippen LogP contribution in [-0.2, 0) is 10.3 Å². The number of hydrogen-bond acceptors (Lipinski definition) is 4. The van der Waals surface area contributed by atoms with Gasteiger partial charge < -0.3 is 4.74 Å². The lowest BCUT2D eigenvalue weighted by Crippen LogP contribution is -2.23. The SMILES string of the molecule is CCOC(C)(C)c1noc(=O)[nH]1. The first-order valence-electron chi connectivity index (χ1n) is 3.76. The Morgan fingerprint density at radius 3 is 2.75 bits per heavy atom. The molecule has 5 nitrogen and oxygen atoms in total. The lowest BCUT2D eigenvalue weighted by Gasteiger charge is -2.20. The minimum Gasteiger partial charge on any atom is -0.368 e. The molecular formula is C7H12N2O3. The van der Waals surface area contributed by atoms with Crippen LogP contribution in [0.2, 0.25) is 0 Å². The van der Waals surface area contributed by atoms with Crippen molar-refractivity contribution in [2.24, 2.45) is 0 Å². The maximum Gasteiger partial charge on any atom is 0.439 e. The van der Waals surface area contributed by atoms with Crippen molar-refractivity contribution >= 4 is 0 Å². The lowest BCUT2D eigenvalue weighted by atomic mass is 10.1. The molecule has 0 saturated carbocycles. The van der Waals surface area contributed by atoms with Gasteiger partial charge in [-0.15, -0.1) is 0 Å². The average Bonchev–Trinajstić information content (AvgIpc) is 2.36. The first-order valence-corrected chi connectivity index (χ1v) is 3.76. The second-order valence-corrected chi connectivity index (χ2v) is 2.89. The smallest absolute Gasteiger partial charge is 0.368 e. The number of nitrogens with one attached hydrogen (secondary N) is 1. The zero-order valence-electron chi connectivity index (χ0n) is 7.38. The predicted molar refractivity (Wildman–Crippen MR) is 41.8 cm³/mol. The Kier molecular flexibility index (Phi) is 2.32. The Labute approximate surface area is 69.7 Å². The number of aromatic amines is 1. The number of hydrogen-bond donors (Lipinski definition) is 1. The summed E-state index contributed by atoms with van der Waals surface area (Å²) in [6, 6.07) is 0.